The van der Waals surface area contributed by atoms with Crippen LogP contribution in [-0.2, 0) is 6.42 Å². The van der Waals surface area contributed by atoms with Crippen molar-refractivity contribution < 1.29 is 8.78 Å². The van der Waals surface area contributed by atoms with Gasteiger partial charge in [-0.1, -0.05) is 34.1 Å². The average molecular weight is 354 g/mol. The molecule has 0 amide bonds. The van der Waals surface area contributed by atoms with Crippen molar-refractivity contribution in [2.45, 2.75) is 11.2 Å². The average Bonchev–Trinajstić information content (AvgIpc) is 2.83. The fourth-order valence-corrected chi connectivity index (χ4v) is 3.80. The molecule has 1 aromatic heterocycles. The molecule has 0 fully saturated rings. The lowest BCUT2D eigenvalue weighted by Gasteiger charge is -2.08. The fourth-order valence-electron chi connectivity index (χ4n) is 1.99. The van der Waals surface area contributed by atoms with Crippen LogP contribution in [0, 0.1) is 11.6 Å². The van der Waals surface area contributed by atoms with E-state index in [0.29, 0.717) is 12.0 Å². The van der Waals surface area contributed by atoms with Gasteiger partial charge in [-0.05, 0) is 29.8 Å². The molecule has 2 aromatic carbocycles. The molecule has 0 saturated carbocycles. The van der Waals surface area contributed by atoms with Crippen molar-refractivity contribution in [2.75, 3.05) is 0 Å². The van der Waals surface area contributed by atoms with Crippen molar-refractivity contribution in [3.63, 3.8) is 0 Å². The Morgan fingerprint density at radius 1 is 1.10 bits per heavy atom. The zero-order valence-electron chi connectivity index (χ0n) is 10.3. The number of hydrogen-bond acceptors (Lipinski definition) is 2. The molecule has 102 valence electrons. The summed E-state index contributed by atoms with van der Waals surface area (Å²) in [5.41, 5.74) is 1.68. The fraction of sp³-hybridized carbons (Fsp3) is 0.133. The Morgan fingerprint density at radius 3 is 2.65 bits per heavy atom. The third kappa shape index (κ3) is 2.74. The summed E-state index contributed by atoms with van der Waals surface area (Å²) in [7, 11) is 0. The number of alkyl halides is 1. The lowest BCUT2D eigenvalue weighted by Crippen LogP contribution is -1.97. The van der Waals surface area contributed by atoms with Gasteiger partial charge < -0.3 is 0 Å². The minimum Gasteiger partial charge on any atom is -0.241 e. The minimum atomic E-state index is -0.826. The molecule has 1 heterocycles. The molecular weight excluding hydrogens is 344 g/mol. The van der Waals surface area contributed by atoms with E-state index in [9.17, 15) is 8.78 Å². The largest absolute Gasteiger partial charge is 0.241 e. The third-order valence-corrected chi connectivity index (χ3v) is 4.91. The van der Waals surface area contributed by atoms with Gasteiger partial charge in [-0.2, -0.15) is 0 Å². The van der Waals surface area contributed by atoms with Crippen LogP contribution in [0.2, 0.25) is 0 Å². The Morgan fingerprint density at radius 2 is 1.90 bits per heavy atom. The zero-order valence-corrected chi connectivity index (χ0v) is 12.7. The second-order valence-electron chi connectivity index (χ2n) is 4.42. The van der Waals surface area contributed by atoms with Gasteiger partial charge in [-0.25, -0.2) is 13.8 Å². The molecular formula is C15H10BrF2NS. The monoisotopic (exact) mass is 353 g/mol. The van der Waals surface area contributed by atoms with Crippen LogP contribution in [0.1, 0.15) is 15.4 Å². The first kappa shape index (κ1) is 13.6. The quantitative estimate of drug-likeness (QED) is 0.585. The van der Waals surface area contributed by atoms with Crippen molar-refractivity contribution in [3.8, 4) is 0 Å². The van der Waals surface area contributed by atoms with Crippen LogP contribution in [-0.4, -0.2) is 4.98 Å². The number of fused-ring (bicyclic) bond motifs is 1. The van der Waals surface area contributed by atoms with E-state index in [1.165, 1.54) is 6.07 Å². The number of halogens is 3. The van der Waals surface area contributed by atoms with E-state index in [-0.39, 0.29) is 4.83 Å². The molecule has 0 aliphatic heterocycles. The second-order valence-corrected chi connectivity index (χ2v) is 6.64. The maximum absolute atomic E-state index is 13.2. The van der Waals surface area contributed by atoms with E-state index < -0.39 is 11.6 Å². The van der Waals surface area contributed by atoms with Gasteiger partial charge >= 0.3 is 0 Å². The molecule has 5 heteroatoms. The van der Waals surface area contributed by atoms with Crippen LogP contribution in [0.5, 0.6) is 0 Å². The highest BCUT2D eigenvalue weighted by molar-refractivity contribution is 9.09. The topological polar surface area (TPSA) is 12.9 Å². The van der Waals surface area contributed by atoms with E-state index in [1.807, 2.05) is 24.3 Å². The van der Waals surface area contributed by atoms with Crippen LogP contribution in [0.15, 0.2) is 42.5 Å². The summed E-state index contributed by atoms with van der Waals surface area (Å²) in [5, 5.41) is 0.970. The molecule has 20 heavy (non-hydrogen) atoms. The van der Waals surface area contributed by atoms with Gasteiger partial charge in [0.1, 0.15) is 0 Å². The van der Waals surface area contributed by atoms with Crippen molar-refractivity contribution in [1.82, 2.24) is 4.98 Å². The molecule has 0 saturated heterocycles. The molecule has 0 N–H and O–H groups in total. The molecule has 0 radical (unpaired) electrons. The highest BCUT2D eigenvalue weighted by Gasteiger charge is 2.14. The Labute approximate surface area is 127 Å². The molecule has 0 bridgehead atoms. The maximum atomic E-state index is 13.2. The Balaban J connectivity index is 1.84. The molecule has 1 atom stereocenters. The summed E-state index contributed by atoms with van der Waals surface area (Å²) in [6.07, 6.45) is 0.643. The Kier molecular flexibility index (Phi) is 3.81. The number of rotatable bonds is 3. The standard InChI is InChI=1S/C15H10BrF2NS/c16-10(9-5-6-11(17)12(18)7-9)8-15-19-13-3-1-2-4-14(13)20-15/h1-7,10H,8H2. The number of para-hydroxylation sites is 1. The van der Waals surface area contributed by atoms with Gasteiger partial charge in [-0.3, -0.25) is 0 Å². The van der Waals surface area contributed by atoms with Crippen LogP contribution < -0.4 is 0 Å². The van der Waals surface area contributed by atoms with Gasteiger partial charge in [0, 0.05) is 11.2 Å². The minimum absolute atomic E-state index is 0.0850. The first-order chi connectivity index (χ1) is 9.63. The molecule has 0 aliphatic carbocycles. The highest BCUT2D eigenvalue weighted by Crippen LogP contribution is 2.31. The van der Waals surface area contributed by atoms with E-state index in [0.717, 1.165) is 21.3 Å². The van der Waals surface area contributed by atoms with Crippen molar-refractivity contribution in [3.05, 3.63) is 64.7 Å². The van der Waals surface area contributed by atoms with Crippen LogP contribution in [0.4, 0.5) is 8.78 Å². The van der Waals surface area contributed by atoms with E-state index in [2.05, 4.69) is 20.9 Å². The smallest absolute Gasteiger partial charge is 0.159 e. The number of aromatic nitrogens is 1. The molecule has 0 aliphatic rings. The summed E-state index contributed by atoms with van der Waals surface area (Å²) >= 11 is 5.13. The summed E-state index contributed by atoms with van der Waals surface area (Å²) in [6.45, 7) is 0. The number of hydrogen-bond donors (Lipinski definition) is 0. The number of thiazole rings is 1. The van der Waals surface area contributed by atoms with E-state index in [1.54, 1.807) is 17.4 Å². The van der Waals surface area contributed by atoms with Crippen molar-refractivity contribution >= 4 is 37.5 Å². The molecule has 3 rings (SSSR count). The van der Waals surface area contributed by atoms with Gasteiger partial charge in [0.15, 0.2) is 11.6 Å². The van der Waals surface area contributed by atoms with Gasteiger partial charge in [-0.15, -0.1) is 11.3 Å². The normalized spacial score (nSPS) is 12.8. The maximum Gasteiger partial charge on any atom is 0.159 e. The molecule has 3 aromatic rings. The number of benzene rings is 2. The summed E-state index contributed by atoms with van der Waals surface area (Å²) in [5.74, 6) is -1.65. The van der Waals surface area contributed by atoms with Crippen LogP contribution in [0.3, 0.4) is 0 Å². The predicted molar refractivity (Wildman–Crippen MR) is 81.4 cm³/mol. The van der Waals surface area contributed by atoms with Crippen molar-refractivity contribution in [2.24, 2.45) is 0 Å². The SMILES string of the molecule is Fc1ccc(C(Br)Cc2nc3ccccc3s2)cc1F. The lowest BCUT2D eigenvalue weighted by molar-refractivity contribution is 0.507. The summed E-state index contributed by atoms with van der Waals surface area (Å²) in [4.78, 5) is 4.45. The molecule has 0 spiro atoms. The molecule has 1 unspecified atom stereocenters. The van der Waals surface area contributed by atoms with E-state index >= 15 is 0 Å². The number of nitrogens with zero attached hydrogens (tertiary/aromatic N) is 1. The molecule has 1 nitrogen and oxygen atoms in total. The van der Waals surface area contributed by atoms with E-state index in [4.69, 9.17) is 0 Å². The third-order valence-electron chi connectivity index (χ3n) is 3.00. The zero-order chi connectivity index (χ0) is 14.1. The second kappa shape index (κ2) is 5.58. The van der Waals surface area contributed by atoms with Crippen molar-refractivity contribution in [1.29, 1.82) is 0 Å². The summed E-state index contributed by atoms with van der Waals surface area (Å²) < 4.78 is 27.3. The highest BCUT2D eigenvalue weighted by atomic mass is 79.9. The van der Waals surface area contributed by atoms with Gasteiger partial charge in [0.2, 0.25) is 0 Å². The van der Waals surface area contributed by atoms with Gasteiger partial charge in [0.05, 0.1) is 15.2 Å². The van der Waals surface area contributed by atoms with Crippen LogP contribution in [0.25, 0.3) is 10.2 Å². The first-order valence-electron chi connectivity index (χ1n) is 6.07. The Bertz CT molecular complexity index is 723. The van der Waals surface area contributed by atoms with Gasteiger partial charge in [0.25, 0.3) is 0 Å². The predicted octanol–water partition coefficient (Wildman–Crippen LogP) is 5.25. The lowest BCUT2D eigenvalue weighted by atomic mass is 10.1. The first-order valence-corrected chi connectivity index (χ1v) is 7.80. The Hall–Kier alpha value is -1.33. The van der Waals surface area contributed by atoms with Crippen LogP contribution >= 0.6 is 27.3 Å². The summed E-state index contributed by atoms with van der Waals surface area (Å²) in [6, 6.07) is 11.9.